The topological polar surface area (TPSA) is 69.2 Å². The average Bonchev–Trinajstić information content (AvgIpc) is 2.70. The normalized spacial score (nSPS) is 15.0. The zero-order valence-electron chi connectivity index (χ0n) is 16.2. The lowest BCUT2D eigenvalue weighted by Gasteiger charge is -2.36. The largest absolute Gasteiger partial charge is 0.385 e. The third-order valence-corrected chi connectivity index (χ3v) is 4.50. The Kier molecular flexibility index (Phi) is 8.83. The van der Waals surface area contributed by atoms with E-state index in [1.807, 2.05) is 4.90 Å². The number of halogens is 1. The van der Waals surface area contributed by atoms with E-state index in [1.54, 1.807) is 26.3 Å². The predicted octanol–water partition coefficient (Wildman–Crippen LogP) is 1.07. The number of piperazine rings is 1. The van der Waals surface area contributed by atoms with Crippen LogP contribution in [0.4, 0.5) is 10.1 Å². The number of guanidine groups is 1. The van der Waals surface area contributed by atoms with E-state index in [-0.39, 0.29) is 11.7 Å². The number of anilines is 1. The molecule has 0 radical (unpaired) electrons. The summed E-state index contributed by atoms with van der Waals surface area (Å²) in [6, 6.07) is 6.49. The van der Waals surface area contributed by atoms with Crippen LogP contribution in [0.3, 0.4) is 0 Å². The average molecular weight is 379 g/mol. The van der Waals surface area contributed by atoms with E-state index in [2.05, 4.69) is 20.5 Å². The quantitative estimate of drug-likeness (QED) is 0.402. The third kappa shape index (κ3) is 7.05. The number of rotatable bonds is 8. The first-order chi connectivity index (χ1) is 13.1. The molecule has 2 N–H and O–H groups in total. The van der Waals surface area contributed by atoms with Crippen LogP contribution in [0.15, 0.2) is 29.3 Å². The van der Waals surface area contributed by atoms with Crippen LogP contribution < -0.4 is 15.5 Å². The van der Waals surface area contributed by atoms with Gasteiger partial charge in [-0.2, -0.15) is 0 Å². The van der Waals surface area contributed by atoms with E-state index in [9.17, 15) is 9.18 Å². The predicted molar refractivity (Wildman–Crippen MR) is 106 cm³/mol. The standard InChI is InChI=1S/C19H30FN5O2/c1-21-19(22-9-3-15-27-2)23-10-8-18(26)25-13-11-24(12-14-25)17-6-4-16(20)5-7-17/h4-7H,3,8-15H2,1-2H3,(H2,21,22,23). The van der Waals surface area contributed by atoms with E-state index in [0.29, 0.717) is 38.6 Å². The van der Waals surface area contributed by atoms with Crippen molar-refractivity contribution in [3.63, 3.8) is 0 Å². The van der Waals surface area contributed by atoms with Gasteiger partial charge in [-0.15, -0.1) is 0 Å². The highest BCUT2D eigenvalue weighted by Crippen LogP contribution is 2.17. The number of carbonyl (C=O) groups excluding carboxylic acids is 1. The van der Waals surface area contributed by atoms with Gasteiger partial charge in [0.05, 0.1) is 0 Å². The molecular weight excluding hydrogens is 349 g/mol. The van der Waals surface area contributed by atoms with Crippen molar-refractivity contribution in [3.8, 4) is 0 Å². The molecule has 150 valence electrons. The van der Waals surface area contributed by atoms with Crippen LogP contribution in [-0.4, -0.2) is 76.8 Å². The molecule has 27 heavy (non-hydrogen) atoms. The molecular formula is C19H30FN5O2. The Labute approximate surface area is 160 Å². The summed E-state index contributed by atoms with van der Waals surface area (Å²) in [5.41, 5.74) is 0.994. The summed E-state index contributed by atoms with van der Waals surface area (Å²) in [4.78, 5) is 20.6. The maximum absolute atomic E-state index is 13.0. The Hall–Kier alpha value is -2.35. The first kappa shape index (κ1) is 21.0. The molecule has 8 heteroatoms. The number of hydrogen-bond acceptors (Lipinski definition) is 4. The van der Waals surface area contributed by atoms with Crippen LogP contribution in [0.5, 0.6) is 0 Å². The maximum Gasteiger partial charge on any atom is 0.224 e. The van der Waals surface area contributed by atoms with E-state index >= 15 is 0 Å². The second kappa shape index (κ2) is 11.4. The molecule has 0 atom stereocenters. The highest BCUT2D eigenvalue weighted by Gasteiger charge is 2.21. The number of ether oxygens (including phenoxy) is 1. The third-order valence-electron chi connectivity index (χ3n) is 4.50. The molecule has 0 spiro atoms. The summed E-state index contributed by atoms with van der Waals surface area (Å²) in [7, 11) is 3.39. The van der Waals surface area contributed by atoms with Crippen molar-refractivity contribution in [2.75, 3.05) is 64.9 Å². The Morgan fingerprint density at radius 3 is 2.44 bits per heavy atom. The van der Waals surface area contributed by atoms with Crippen LogP contribution in [0.25, 0.3) is 0 Å². The number of benzene rings is 1. The minimum atomic E-state index is -0.233. The van der Waals surface area contributed by atoms with Gasteiger partial charge in [0.1, 0.15) is 5.82 Å². The molecule has 0 bridgehead atoms. The lowest BCUT2D eigenvalue weighted by atomic mass is 10.2. The van der Waals surface area contributed by atoms with Gasteiger partial charge in [0.15, 0.2) is 5.96 Å². The number of nitrogens with one attached hydrogen (secondary N) is 2. The monoisotopic (exact) mass is 379 g/mol. The Morgan fingerprint density at radius 1 is 1.15 bits per heavy atom. The second-order valence-corrected chi connectivity index (χ2v) is 6.37. The van der Waals surface area contributed by atoms with Gasteiger partial charge in [-0.1, -0.05) is 0 Å². The van der Waals surface area contributed by atoms with Crippen molar-refractivity contribution < 1.29 is 13.9 Å². The van der Waals surface area contributed by atoms with Crippen LogP contribution in [0.1, 0.15) is 12.8 Å². The molecule has 0 aliphatic carbocycles. The summed E-state index contributed by atoms with van der Waals surface area (Å²) < 4.78 is 18.0. The Bertz CT molecular complexity index is 601. The molecule has 1 aliphatic rings. The lowest BCUT2D eigenvalue weighted by Crippen LogP contribution is -2.49. The number of nitrogens with zero attached hydrogens (tertiary/aromatic N) is 3. The van der Waals surface area contributed by atoms with Crippen LogP contribution in [-0.2, 0) is 9.53 Å². The molecule has 0 saturated carbocycles. The molecule has 0 unspecified atom stereocenters. The number of carbonyl (C=O) groups is 1. The fourth-order valence-corrected chi connectivity index (χ4v) is 2.96. The minimum Gasteiger partial charge on any atom is -0.385 e. The van der Waals surface area contributed by atoms with Gasteiger partial charge in [0.25, 0.3) is 0 Å². The number of methoxy groups -OCH3 is 1. The Morgan fingerprint density at radius 2 is 1.81 bits per heavy atom. The first-order valence-electron chi connectivity index (χ1n) is 9.36. The molecule has 1 aromatic rings. The van der Waals surface area contributed by atoms with Crippen molar-refractivity contribution in [1.29, 1.82) is 0 Å². The lowest BCUT2D eigenvalue weighted by molar-refractivity contribution is -0.131. The Balaban J connectivity index is 1.66. The summed E-state index contributed by atoms with van der Waals surface area (Å²) >= 11 is 0. The van der Waals surface area contributed by atoms with Crippen molar-refractivity contribution in [1.82, 2.24) is 15.5 Å². The van der Waals surface area contributed by atoms with Crippen LogP contribution in [0, 0.1) is 5.82 Å². The molecule has 0 aromatic heterocycles. The molecule has 1 aliphatic heterocycles. The smallest absolute Gasteiger partial charge is 0.224 e. The molecule has 1 heterocycles. The van der Waals surface area contributed by atoms with Gasteiger partial charge in [-0.25, -0.2) is 4.39 Å². The van der Waals surface area contributed by atoms with Gasteiger partial charge in [-0.3, -0.25) is 9.79 Å². The summed E-state index contributed by atoms with van der Waals surface area (Å²) in [5, 5.41) is 6.35. The molecule has 1 amide bonds. The number of amides is 1. The van der Waals surface area contributed by atoms with Crippen molar-refractivity contribution >= 4 is 17.6 Å². The highest BCUT2D eigenvalue weighted by molar-refractivity contribution is 5.81. The zero-order valence-corrected chi connectivity index (χ0v) is 16.2. The molecule has 7 nitrogen and oxygen atoms in total. The fourth-order valence-electron chi connectivity index (χ4n) is 2.96. The van der Waals surface area contributed by atoms with Gasteiger partial charge in [0.2, 0.25) is 5.91 Å². The van der Waals surface area contributed by atoms with E-state index in [1.165, 1.54) is 12.1 Å². The zero-order chi connectivity index (χ0) is 19.5. The summed E-state index contributed by atoms with van der Waals surface area (Å²) in [5.74, 6) is 0.597. The molecule has 1 fully saturated rings. The van der Waals surface area contributed by atoms with Gasteiger partial charge < -0.3 is 25.2 Å². The van der Waals surface area contributed by atoms with Crippen LogP contribution >= 0.6 is 0 Å². The second-order valence-electron chi connectivity index (χ2n) is 6.37. The van der Waals surface area contributed by atoms with E-state index in [4.69, 9.17) is 4.74 Å². The molecule has 1 saturated heterocycles. The molecule has 1 aromatic carbocycles. The fraction of sp³-hybridized carbons (Fsp3) is 0.579. The van der Waals surface area contributed by atoms with Gasteiger partial charge >= 0.3 is 0 Å². The first-order valence-corrected chi connectivity index (χ1v) is 9.36. The van der Waals surface area contributed by atoms with E-state index in [0.717, 1.165) is 31.7 Å². The summed E-state index contributed by atoms with van der Waals surface area (Å²) in [6.45, 7) is 4.89. The maximum atomic E-state index is 13.0. The molecule has 2 rings (SSSR count). The highest BCUT2D eigenvalue weighted by atomic mass is 19.1. The van der Waals surface area contributed by atoms with E-state index < -0.39 is 0 Å². The van der Waals surface area contributed by atoms with Gasteiger partial charge in [0, 0.05) is 72.1 Å². The summed E-state index contributed by atoms with van der Waals surface area (Å²) in [6.07, 6.45) is 1.32. The van der Waals surface area contributed by atoms with Crippen molar-refractivity contribution in [2.45, 2.75) is 12.8 Å². The minimum absolute atomic E-state index is 0.135. The van der Waals surface area contributed by atoms with Gasteiger partial charge in [-0.05, 0) is 30.7 Å². The number of aliphatic imine (C=N–C) groups is 1. The number of hydrogen-bond donors (Lipinski definition) is 2. The SMILES string of the molecule is CN=C(NCCCOC)NCCC(=O)N1CCN(c2ccc(F)cc2)CC1. The van der Waals surface area contributed by atoms with Crippen molar-refractivity contribution in [3.05, 3.63) is 30.1 Å². The van der Waals surface area contributed by atoms with Crippen molar-refractivity contribution in [2.24, 2.45) is 4.99 Å². The van der Waals surface area contributed by atoms with Crippen LogP contribution in [0.2, 0.25) is 0 Å².